The number of carbonyl (C=O) groups excluding carboxylic acids is 1. The van der Waals surface area contributed by atoms with Gasteiger partial charge in [-0.25, -0.2) is 4.79 Å². The lowest BCUT2D eigenvalue weighted by Gasteiger charge is -2.04. The fourth-order valence-electron chi connectivity index (χ4n) is 1.05. The van der Waals surface area contributed by atoms with E-state index in [1.165, 1.54) is 24.3 Å². The minimum Gasteiger partial charge on any atom is -0.462 e. The Labute approximate surface area is 99.1 Å². The van der Waals surface area contributed by atoms with Crippen LogP contribution in [0.15, 0.2) is 24.3 Å². The van der Waals surface area contributed by atoms with Gasteiger partial charge in [0.25, 0.3) is 0 Å². The van der Waals surface area contributed by atoms with E-state index in [4.69, 9.17) is 9.29 Å². The summed E-state index contributed by atoms with van der Waals surface area (Å²) in [6.07, 6.45) is 0.718. The predicted octanol–water partition coefficient (Wildman–Crippen LogP) is 1.44. The normalized spacial score (nSPS) is 10.9. The Balaban J connectivity index is 2.71. The summed E-state index contributed by atoms with van der Waals surface area (Å²) >= 11 is 0. The van der Waals surface area contributed by atoms with E-state index in [-0.39, 0.29) is 11.3 Å². The number of esters is 1. The second-order valence-electron chi connectivity index (χ2n) is 3.17. The van der Waals surface area contributed by atoms with Crippen LogP contribution in [0.2, 0.25) is 0 Å². The summed E-state index contributed by atoms with van der Waals surface area (Å²) in [7, 11) is -4.54. The van der Waals surface area contributed by atoms with Crippen LogP contribution in [-0.2, 0) is 15.1 Å². The maximum atomic E-state index is 11.4. The second-order valence-corrected chi connectivity index (χ2v) is 4.19. The highest BCUT2D eigenvalue weighted by Gasteiger charge is 2.09. The topological polar surface area (TPSA) is 89.9 Å². The molecule has 0 aliphatic rings. The molecule has 94 valence electrons. The molecule has 0 spiro atoms. The molecule has 0 bridgehead atoms. The maximum Gasteiger partial charge on any atom is 0.446 e. The number of hydrogen-bond acceptors (Lipinski definition) is 5. The Hall–Kier alpha value is -1.60. The summed E-state index contributed by atoms with van der Waals surface area (Å²) in [4.78, 5) is 11.4. The third-order valence-electron chi connectivity index (χ3n) is 1.73. The smallest absolute Gasteiger partial charge is 0.446 e. The molecule has 0 heterocycles. The zero-order chi connectivity index (χ0) is 12.9. The van der Waals surface area contributed by atoms with Crippen molar-refractivity contribution in [3.05, 3.63) is 29.8 Å². The predicted molar refractivity (Wildman–Crippen MR) is 59.2 cm³/mol. The van der Waals surface area contributed by atoms with Crippen molar-refractivity contribution in [3.63, 3.8) is 0 Å². The molecular weight excluding hydrogens is 248 g/mol. The molecule has 0 radical (unpaired) electrons. The molecule has 17 heavy (non-hydrogen) atoms. The minimum absolute atomic E-state index is 0.0838. The number of hydrogen-bond donors (Lipinski definition) is 1. The summed E-state index contributed by atoms with van der Waals surface area (Å²) < 4.78 is 38.3. The van der Waals surface area contributed by atoms with Gasteiger partial charge in [-0.3, -0.25) is 4.55 Å². The zero-order valence-electron chi connectivity index (χ0n) is 9.12. The molecule has 0 fully saturated rings. The number of carbonyl (C=O) groups is 1. The van der Waals surface area contributed by atoms with Crippen LogP contribution in [0.4, 0.5) is 0 Å². The Morgan fingerprint density at radius 2 is 1.88 bits per heavy atom. The molecule has 1 aromatic rings. The van der Waals surface area contributed by atoms with E-state index in [1.807, 2.05) is 6.92 Å². The maximum absolute atomic E-state index is 11.4. The van der Waals surface area contributed by atoms with Crippen molar-refractivity contribution in [2.24, 2.45) is 0 Å². The van der Waals surface area contributed by atoms with Crippen LogP contribution in [-0.4, -0.2) is 25.5 Å². The molecule has 7 heteroatoms. The molecule has 1 aromatic carbocycles. The van der Waals surface area contributed by atoms with Crippen molar-refractivity contribution in [3.8, 4) is 5.75 Å². The molecule has 0 saturated carbocycles. The summed E-state index contributed by atoms with van der Waals surface area (Å²) in [5.41, 5.74) is 0.279. The van der Waals surface area contributed by atoms with Gasteiger partial charge in [0.15, 0.2) is 0 Å². The van der Waals surface area contributed by atoms with Crippen LogP contribution >= 0.6 is 0 Å². The standard InChI is InChI=1S/C10H12O6S/c1-2-7-15-10(11)8-3-5-9(6-4-8)16-17(12,13)14/h3-6H,2,7H2,1H3,(H,12,13,14). The third-order valence-corrected chi connectivity index (χ3v) is 2.13. The van der Waals surface area contributed by atoms with Gasteiger partial charge in [-0.1, -0.05) is 6.92 Å². The molecule has 0 atom stereocenters. The van der Waals surface area contributed by atoms with E-state index < -0.39 is 16.4 Å². The average molecular weight is 260 g/mol. The summed E-state index contributed by atoms with van der Waals surface area (Å²) in [6.45, 7) is 2.19. The van der Waals surface area contributed by atoms with Gasteiger partial charge in [0.05, 0.1) is 12.2 Å². The molecule has 1 rings (SSSR count). The molecular formula is C10H12O6S. The van der Waals surface area contributed by atoms with E-state index in [2.05, 4.69) is 4.18 Å². The van der Waals surface area contributed by atoms with Crippen LogP contribution in [0, 0.1) is 0 Å². The summed E-state index contributed by atoms with van der Waals surface area (Å²) in [5, 5.41) is 0. The zero-order valence-corrected chi connectivity index (χ0v) is 9.94. The van der Waals surface area contributed by atoms with E-state index in [9.17, 15) is 13.2 Å². The molecule has 0 aliphatic heterocycles. The highest BCUT2D eigenvalue weighted by Crippen LogP contribution is 2.14. The fourth-order valence-corrected chi connectivity index (χ4v) is 1.40. The summed E-state index contributed by atoms with van der Waals surface area (Å²) in [6, 6.07) is 5.18. The highest BCUT2D eigenvalue weighted by molar-refractivity contribution is 7.81. The Bertz CT molecular complexity index is 476. The molecule has 1 N–H and O–H groups in total. The van der Waals surface area contributed by atoms with Crippen molar-refractivity contribution in [2.45, 2.75) is 13.3 Å². The lowest BCUT2D eigenvalue weighted by molar-refractivity contribution is 0.0505. The van der Waals surface area contributed by atoms with Gasteiger partial charge >= 0.3 is 16.4 Å². The van der Waals surface area contributed by atoms with Crippen LogP contribution < -0.4 is 4.18 Å². The van der Waals surface area contributed by atoms with E-state index >= 15 is 0 Å². The second kappa shape index (κ2) is 5.65. The van der Waals surface area contributed by atoms with Crippen molar-refractivity contribution in [2.75, 3.05) is 6.61 Å². The van der Waals surface area contributed by atoms with Crippen LogP contribution in [0.25, 0.3) is 0 Å². The first-order valence-electron chi connectivity index (χ1n) is 4.86. The van der Waals surface area contributed by atoms with Crippen molar-refractivity contribution < 1.29 is 26.7 Å². The first-order valence-corrected chi connectivity index (χ1v) is 6.23. The van der Waals surface area contributed by atoms with Gasteiger partial charge < -0.3 is 8.92 Å². The molecule has 6 nitrogen and oxygen atoms in total. The number of rotatable bonds is 5. The van der Waals surface area contributed by atoms with Gasteiger partial charge in [0.2, 0.25) is 0 Å². The monoisotopic (exact) mass is 260 g/mol. The quantitative estimate of drug-likeness (QED) is 0.636. The lowest BCUT2D eigenvalue weighted by Crippen LogP contribution is -2.08. The molecule has 0 amide bonds. The Kier molecular flexibility index (Phi) is 4.47. The molecule has 0 aromatic heterocycles. The average Bonchev–Trinajstić information content (AvgIpc) is 2.24. The lowest BCUT2D eigenvalue weighted by atomic mass is 10.2. The Morgan fingerprint density at radius 1 is 1.29 bits per heavy atom. The first-order chi connectivity index (χ1) is 7.92. The minimum atomic E-state index is -4.54. The van der Waals surface area contributed by atoms with Gasteiger partial charge in [0, 0.05) is 0 Å². The highest BCUT2D eigenvalue weighted by atomic mass is 32.3. The van der Waals surface area contributed by atoms with Crippen LogP contribution in [0.5, 0.6) is 5.75 Å². The van der Waals surface area contributed by atoms with E-state index in [0.29, 0.717) is 6.61 Å². The Morgan fingerprint density at radius 3 is 2.35 bits per heavy atom. The number of benzene rings is 1. The van der Waals surface area contributed by atoms with Crippen LogP contribution in [0.1, 0.15) is 23.7 Å². The molecule has 0 saturated heterocycles. The van der Waals surface area contributed by atoms with Gasteiger partial charge in [-0.2, -0.15) is 8.42 Å². The van der Waals surface area contributed by atoms with Crippen molar-refractivity contribution >= 4 is 16.4 Å². The van der Waals surface area contributed by atoms with E-state index in [1.54, 1.807) is 0 Å². The fraction of sp³-hybridized carbons (Fsp3) is 0.300. The van der Waals surface area contributed by atoms with Crippen LogP contribution in [0.3, 0.4) is 0 Å². The molecule has 0 aliphatic carbocycles. The summed E-state index contributed by atoms with van der Waals surface area (Å²) in [5.74, 6) is -0.579. The SMILES string of the molecule is CCCOC(=O)c1ccc(OS(=O)(=O)O)cc1. The van der Waals surface area contributed by atoms with Crippen molar-refractivity contribution in [1.29, 1.82) is 0 Å². The first kappa shape index (κ1) is 13.5. The third kappa shape index (κ3) is 4.83. The van der Waals surface area contributed by atoms with Gasteiger partial charge in [0.1, 0.15) is 5.75 Å². The van der Waals surface area contributed by atoms with Gasteiger partial charge in [-0.15, -0.1) is 0 Å². The van der Waals surface area contributed by atoms with E-state index in [0.717, 1.165) is 6.42 Å². The van der Waals surface area contributed by atoms with Gasteiger partial charge in [-0.05, 0) is 30.7 Å². The largest absolute Gasteiger partial charge is 0.462 e. The number of ether oxygens (including phenoxy) is 1. The van der Waals surface area contributed by atoms with Crippen molar-refractivity contribution in [1.82, 2.24) is 0 Å². The molecule has 0 unspecified atom stereocenters.